The van der Waals surface area contributed by atoms with E-state index in [1.54, 1.807) is 29.4 Å². The van der Waals surface area contributed by atoms with Crippen LogP contribution in [0.1, 0.15) is 34.1 Å². The number of aromatic nitrogens is 1. The highest BCUT2D eigenvalue weighted by Crippen LogP contribution is 2.38. The number of amides is 1. The molecule has 1 atom stereocenters. The lowest BCUT2D eigenvalue weighted by Crippen LogP contribution is -2.38. The second-order valence-electron chi connectivity index (χ2n) is 7.80. The summed E-state index contributed by atoms with van der Waals surface area (Å²) in [6, 6.07) is 6.77. The number of hydrogen-bond donors (Lipinski definition) is 0. The Bertz CT molecular complexity index is 1170. The van der Waals surface area contributed by atoms with Gasteiger partial charge in [0.25, 0.3) is 5.91 Å². The molecule has 1 saturated heterocycles. The van der Waals surface area contributed by atoms with Gasteiger partial charge in [-0.15, -0.1) is 0 Å². The topological polar surface area (TPSA) is 75.9 Å². The van der Waals surface area contributed by atoms with Gasteiger partial charge in [0.05, 0.1) is 30.2 Å². The monoisotopic (exact) mass is 423 g/mol. The molecule has 2 aliphatic rings. The summed E-state index contributed by atoms with van der Waals surface area (Å²) in [6.45, 7) is 4.49. The number of morpholine rings is 1. The van der Waals surface area contributed by atoms with Crippen molar-refractivity contribution < 1.29 is 18.3 Å². The maximum atomic E-state index is 13.8. The number of rotatable bonds is 5. The van der Waals surface area contributed by atoms with Crippen LogP contribution in [0, 0.1) is 5.82 Å². The molecule has 0 bridgehead atoms. The molecule has 31 heavy (non-hydrogen) atoms. The lowest BCUT2D eigenvalue weighted by Gasteiger charge is -2.29. The molecule has 0 spiro atoms. The Balaban J connectivity index is 1.52. The summed E-state index contributed by atoms with van der Waals surface area (Å²) in [5.74, 6) is -0.800. The van der Waals surface area contributed by atoms with E-state index in [0.29, 0.717) is 6.54 Å². The van der Waals surface area contributed by atoms with Crippen molar-refractivity contribution in [2.45, 2.75) is 12.5 Å². The summed E-state index contributed by atoms with van der Waals surface area (Å²) in [6.07, 6.45) is 4.02. The average molecular weight is 423 g/mol. The Labute approximate surface area is 178 Å². The Hall–Kier alpha value is -3.10. The Morgan fingerprint density at radius 2 is 1.84 bits per heavy atom. The van der Waals surface area contributed by atoms with Gasteiger partial charge in [0.2, 0.25) is 5.76 Å². The fourth-order valence-corrected chi connectivity index (χ4v) is 4.40. The van der Waals surface area contributed by atoms with Gasteiger partial charge in [0, 0.05) is 38.6 Å². The number of hydrogen-bond acceptors (Lipinski definition) is 6. The van der Waals surface area contributed by atoms with Crippen LogP contribution >= 0.6 is 0 Å². The number of benzene rings is 1. The summed E-state index contributed by atoms with van der Waals surface area (Å²) in [5.41, 5.74) is 0.876. The quantitative estimate of drug-likeness (QED) is 0.628. The molecule has 5 rings (SSSR count). The first-order valence-corrected chi connectivity index (χ1v) is 10.4. The van der Waals surface area contributed by atoms with Gasteiger partial charge < -0.3 is 14.1 Å². The number of fused-ring (bicyclic) bond motifs is 2. The van der Waals surface area contributed by atoms with Gasteiger partial charge >= 0.3 is 0 Å². The smallest absolute Gasteiger partial charge is 0.290 e. The van der Waals surface area contributed by atoms with Gasteiger partial charge in [0.15, 0.2) is 5.43 Å². The van der Waals surface area contributed by atoms with Gasteiger partial charge in [-0.1, -0.05) is 0 Å². The molecule has 0 saturated carbocycles. The van der Waals surface area contributed by atoms with Crippen LogP contribution in [0.2, 0.25) is 0 Å². The highest BCUT2D eigenvalue weighted by Gasteiger charge is 2.42. The second kappa shape index (κ2) is 8.20. The largest absolute Gasteiger partial charge is 0.450 e. The van der Waals surface area contributed by atoms with Crippen LogP contribution in [0.5, 0.6) is 0 Å². The van der Waals surface area contributed by atoms with Crippen LogP contribution in [0.25, 0.3) is 11.0 Å². The highest BCUT2D eigenvalue weighted by atomic mass is 19.1. The zero-order chi connectivity index (χ0) is 21.4. The molecule has 2 aliphatic heterocycles. The molecule has 1 fully saturated rings. The summed E-state index contributed by atoms with van der Waals surface area (Å²) in [5, 5.41) is 0.140. The summed E-state index contributed by atoms with van der Waals surface area (Å²) >= 11 is 0. The van der Waals surface area contributed by atoms with E-state index in [1.807, 2.05) is 0 Å². The van der Waals surface area contributed by atoms with Gasteiger partial charge in [-0.3, -0.25) is 19.5 Å². The number of carbonyl (C=O) groups is 1. The van der Waals surface area contributed by atoms with Crippen molar-refractivity contribution in [2.75, 3.05) is 39.4 Å². The van der Waals surface area contributed by atoms with Gasteiger partial charge in [-0.25, -0.2) is 4.39 Å². The minimum atomic E-state index is -0.584. The molecule has 0 N–H and O–H groups in total. The Morgan fingerprint density at radius 1 is 1.06 bits per heavy atom. The van der Waals surface area contributed by atoms with E-state index in [9.17, 15) is 14.0 Å². The van der Waals surface area contributed by atoms with Crippen molar-refractivity contribution in [3.63, 3.8) is 0 Å². The zero-order valence-corrected chi connectivity index (χ0v) is 16.9. The molecular weight excluding hydrogens is 401 g/mol. The van der Waals surface area contributed by atoms with Crippen molar-refractivity contribution in [3.05, 3.63) is 75.7 Å². The predicted molar refractivity (Wildman–Crippen MR) is 111 cm³/mol. The molecule has 2 aromatic heterocycles. The van der Waals surface area contributed by atoms with E-state index in [-0.39, 0.29) is 33.6 Å². The number of nitrogens with zero attached hydrogens (tertiary/aromatic N) is 3. The first-order chi connectivity index (χ1) is 15.1. The summed E-state index contributed by atoms with van der Waals surface area (Å²) in [7, 11) is 0. The van der Waals surface area contributed by atoms with Crippen LogP contribution in [0.3, 0.4) is 0 Å². The molecule has 0 radical (unpaired) electrons. The summed E-state index contributed by atoms with van der Waals surface area (Å²) < 4.78 is 25.0. The van der Waals surface area contributed by atoms with E-state index in [0.717, 1.165) is 50.9 Å². The molecule has 1 amide bonds. The third-order valence-corrected chi connectivity index (χ3v) is 5.93. The van der Waals surface area contributed by atoms with Crippen molar-refractivity contribution in [1.29, 1.82) is 0 Å². The van der Waals surface area contributed by atoms with Crippen molar-refractivity contribution in [2.24, 2.45) is 0 Å². The molecular formula is C23H22FN3O4. The normalized spacial score (nSPS) is 19.2. The number of carbonyl (C=O) groups excluding carboxylic acids is 1. The van der Waals surface area contributed by atoms with Crippen molar-refractivity contribution in [1.82, 2.24) is 14.8 Å². The zero-order valence-electron chi connectivity index (χ0n) is 16.9. The molecule has 160 valence electrons. The van der Waals surface area contributed by atoms with E-state index in [2.05, 4.69) is 9.88 Å². The SMILES string of the molecule is O=C1c2oc3ccc(F)cc3c(=O)c2C(c2ccncc2)N1CCCN1CCOCC1. The predicted octanol–water partition coefficient (Wildman–Crippen LogP) is 2.59. The number of pyridine rings is 1. The molecule has 8 heteroatoms. The van der Waals surface area contributed by atoms with Crippen LogP contribution in [-0.4, -0.2) is 60.1 Å². The number of halogens is 1. The summed E-state index contributed by atoms with van der Waals surface area (Å²) in [4.78, 5) is 34.7. The number of ether oxygens (including phenoxy) is 1. The average Bonchev–Trinajstić information content (AvgIpc) is 3.08. The minimum Gasteiger partial charge on any atom is -0.450 e. The second-order valence-corrected chi connectivity index (χ2v) is 7.80. The lowest BCUT2D eigenvalue weighted by atomic mass is 9.99. The third-order valence-electron chi connectivity index (χ3n) is 5.93. The Morgan fingerprint density at radius 3 is 2.61 bits per heavy atom. The maximum absolute atomic E-state index is 13.8. The third kappa shape index (κ3) is 3.62. The van der Waals surface area contributed by atoms with Gasteiger partial charge in [0.1, 0.15) is 11.4 Å². The Kier molecular flexibility index (Phi) is 5.25. The maximum Gasteiger partial charge on any atom is 0.290 e. The van der Waals surface area contributed by atoms with E-state index >= 15 is 0 Å². The first-order valence-electron chi connectivity index (χ1n) is 10.4. The molecule has 0 aliphatic carbocycles. The lowest BCUT2D eigenvalue weighted by molar-refractivity contribution is 0.0353. The van der Waals surface area contributed by atoms with Crippen LogP contribution in [0.4, 0.5) is 4.39 Å². The fraction of sp³-hybridized carbons (Fsp3) is 0.348. The van der Waals surface area contributed by atoms with Gasteiger partial charge in [-0.05, 0) is 42.3 Å². The molecule has 7 nitrogen and oxygen atoms in total. The van der Waals surface area contributed by atoms with Gasteiger partial charge in [-0.2, -0.15) is 0 Å². The van der Waals surface area contributed by atoms with E-state index in [1.165, 1.54) is 12.1 Å². The van der Waals surface area contributed by atoms with Crippen molar-refractivity contribution >= 4 is 16.9 Å². The molecule has 4 heterocycles. The fourth-order valence-electron chi connectivity index (χ4n) is 4.40. The van der Waals surface area contributed by atoms with Crippen molar-refractivity contribution in [3.8, 4) is 0 Å². The molecule has 3 aromatic rings. The molecule has 1 unspecified atom stereocenters. The van der Waals surface area contributed by atoms with E-state index in [4.69, 9.17) is 9.15 Å². The first kappa shape index (κ1) is 19.8. The van der Waals surface area contributed by atoms with Crippen LogP contribution in [0.15, 0.2) is 51.9 Å². The van der Waals surface area contributed by atoms with E-state index < -0.39 is 11.9 Å². The highest BCUT2D eigenvalue weighted by molar-refractivity contribution is 5.99. The van der Waals surface area contributed by atoms with Crippen LogP contribution < -0.4 is 5.43 Å². The van der Waals surface area contributed by atoms with Crippen LogP contribution in [-0.2, 0) is 4.74 Å². The molecule has 1 aromatic carbocycles. The standard InChI is InChI=1S/C23H22FN3O4/c24-16-2-3-18-17(14-16)21(28)19-20(15-4-6-25-7-5-15)27(23(29)22(19)31-18)9-1-8-26-10-12-30-13-11-26/h2-7,14,20H,1,8-13H2. The minimum absolute atomic E-state index is 0.0392.